The standard InChI is InChI=1S/C15H16N4/c1-13-7-9-15(10-8-13)18-12-16-17-19(18)11-14-5-3-2-4-6-14/h2-10,12,17H,11H2,1H3. The topological polar surface area (TPSA) is 30.9 Å². The van der Waals surface area contributed by atoms with Crippen LogP contribution in [0.1, 0.15) is 11.1 Å². The lowest BCUT2D eigenvalue weighted by molar-refractivity contribution is 0.213. The Morgan fingerprint density at radius 3 is 2.47 bits per heavy atom. The Bertz CT molecular complexity index is 562. The molecule has 0 bridgehead atoms. The Balaban J connectivity index is 1.77. The Morgan fingerprint density at radius 1 is 1.00 bits per heavy atom. The molecule has 0 saturated heterocycles. The zero-order chi connectivity index (χ0) is 13.1. The molecule has 96 valence electrons. The van der Waals surface area contributed by atoms with Crippen molar-refractivity contribution in [1.29, 1.82) is 0 Å². The fourth-order valence-electron chi connectivity index (χ4n) is 2.03. The van der Waals surface area contributed by atoms with Gasteiger partial charge >= 0.3 is 0 Å². The van der Waals surface area contributed by atoms with Crippen LogP contribution in [0.4, 0.5) is 5.69 Å². The van der Waals surface area contributed by atoms with E-state index in [4.69, 9.17) is 0 Å². The number of hydrogen-bond acceptors (Lipinski definition) is 4. The third-order valence-corrected chi connectivity index (χ3v) is 3.07. The van der Waals surface area contributed by atoms with Crippen LogP contribution in [0.25, 0.3) is 0 Å². The van der Waals surface area contributed by atoms with Crippen molar-refractivity contribution in [1.82, 2.24) is 10.7 Å². The summed E-state index contributed by atoms with van der Waals surface area (Å²) in [6, 6.07) is 18.7. The monoisotopic (exact) mass is 252 g/mol. The van der Waals surface area contributed by atoms with Gasteiger partial charge in [0.1, 0.15) is 6.34 Å². The first-order valence-corrected chi connectivity index (χ1v) is 6.29. The number of nitrogens with zero attached hydrogens (tertiary/aromatic N) is 3. The van der Waals surface area contributed by atoms with Crippen LogP contribution in [-0.2, 0) is 6.54 Å². The minimum atomic E-state index is 0.759. The lowest BCUT2D eigenvalue weighted by atomic mass is 10.2. The van der Waals surface area contributed by atoms with E-state index in [0.717, 1.165) is 12.2 Å². The van der Waals surface area contributed by atoms with E-state index in [9.17, 15) is 0 Å². The smallest absolute Gasteiger partial charge is 0.133 e. The average molecular weight is 252 g/mol. The molecule has 0 unspecified atom stereocenters. The molecule has 1 aliphatic rings. The highest BCUT2D eigenvalue weighted by molar-refractivity contribution is 5.78. The molecule has 0 spiro atoms. The fraction of sp³-hybridized carbons (Fsp3) is 0.133. The molecule has 1 aliphatic heterocycles. The van der Waals surface area contributed by atoms with Crippen molar-refractivity contribution in [3.05, 3.63) is 65.7 Å². The molecular weight excluding hydrogens is 236 g/mol. The summed E-state index contributed by atoms with van der Waals surface area (Å²) in [6.45, 7) is 2.84. The summed E-state index contributed by atoms with van der Waals surface area (Å²) in [5, 5.41) is 8.10. The van der Waals surface area contributed by atoms with E-state index in [-0.39, 0.29) is 0 Å². The molecule has 1 N–H and O–H groups in total. The second kappa shape index (κ2) is 5.12. The van der Waals surface area contributed by atoms with Gasteiger partial charge in [0.05, 0.1) is 12.2 Å². The van der Waals surface area contributed by atoms with Gasteiger partial charge in [0.25, 0.3) is 0 Å². The maximum atomic E-state index is 4.12. The maximum Gasteiger partial charge on any atom is 0.133 e. The largest absolute Gasteiger partial charge is 0.242 e. The van der Waals surface area contributed by atoms with E-state index >= 15 is 0 Å². The van der Waals surface area contributed by atoms with Crippen LogP contribution in [-0.4, -0.2) is 11.5 Å². The SMILES string of the molecule is Cc1ccc(N2C=NNN2Cc2ccccc2)cc1. The first kappa shape index (κ1) is 11.7. The first-order chi connectivity index (χ1) is 9.33. The van der Waals surface area contributed by atoms with Crippen molar-refractivity contribution < 1.29 is 0 Å². The summed E-state index contributed by atoms with van der Waals surface area (Å²) in [5.41, 5.74) is 6.58. The molecule has 2 aromatic rings. The van der Waals surface area contributed by atoms with Crippen molar-refractivity contribution in [2.24, 2.45) is 5.10 Å². The van der Waals surface area contributed by atoms with Crippen LogP contribution in [0.3, 0.4) is 0 Å². The second-order valence-electron chi connectivity index (χ2n) is 4.57. The molecule has 0 aromatic heterocycles. The third kappa shape index (κ3) is 2.58. The molecule has 0 amide bonds. The molecule has 3 rings (SSSR count). The number of hydrazone groups is 1. The van der Waals surface area contributed by atoms with Gasteiger partial charge in [-0.05, 0) is 24.6 Å². The Kier molecular flexibility index (Phi) is 3.16. The minimum absolute atomic E-state index is 0.759. The predicted molar refractivity (Wildman–Crippen MR) is 77.3 cm³/mol. The molecular formula is C15H16N4. The van der Waals surface area contributed by atoms with Crippen molar-refractivity contribution in [2.75, 3.05) is 5.01 Å². The van der Waals surface area contributed by atoms with E-state index in [2.05, 4.69) is 54.0 Å². The zero-order valence-corrected chi connectivity index (χ0v) is 10.8. The van der Waals surface area contributed by atoms with Crippen LogP contribution in [0.5, 0.6) is 0 Å². The number of benzene rings is 2. The Hall–Kier alpha value is -2.33. The van der Waals surface area contributed by atoms with Crippen molar-refractivity contribution in [2.45, 2.75) is 13.5 Å². The van der Waals surface area contributed by atoms with Gasteiger partial charge in [0.15, 0.2) is 0 Å². The maximum absolute atomic E-state index is 4.12. The quantitative estimate of drug-likeness (QED) is 0.911. The van der Waals surface area contributed by atoms with Crippen LogP contribution in [0, 0.1) is 6.92 Å². The van der Waals surface area contributed by atoms with E-state index in [1.54, 1.807) is 6.34 Å². The predicted octanol–water partition coefficient (Wildman–Crippen LogP) is 2.68. The summed E-state index contributed by atoms with van der Waals surface area (Å²) in [5.74, 6) is 0. The lowest BCUT2D eigenvalue weighted by Gasteiger charge is -2.26. The van der Waals surface area contributed by atoms with Crippen molar-refractivity contribution in [3.63, 3.8) is 0 Å². The first-order valence-electron chi connectivity index (χ1n) is 6.29. The number of hydrazine groups is 2. The van der Waals surface area contributed by atoms with Crippen molar-refractivity contribution >= 4 is 12.0 Å². The Morgan fingerprint density at radius 2 is 1.74 bits per heavy atom. The summed E-state index contributed by atoms with van der Waals surface area (Å²) >= 11 is 0. The minimum Gasteiger partial charge on any atom is -0.242 e. The molecule has 4 nitrogen and oxygen atoms in total. The molecule has 4 heteroatoms. The summed E-state index contributed by atoms with van der Waals surface area (Å²) in [4.78, 5) is 0. The van der Waals surface area contributed by atoms with Gasteiger partial charge in [-0.2, -0.15) is 5.10 Å². The Labute approximate surface area is 112 Å². The van der Waals surface area contributed by atoms with Gasteiger partial charge < -0.3 is 0 Å². The molecule has 0 saturated carbocycles. The van der Waals surface area contributed by atoms with Gasteiger partial charge in [0, 0.05) is 0 Å². The summed E-state index contributed by atoms with van der Waals surface area (Å²) in [7, 11) is 0. The number of anilines is 1. The second-order valence-corrected chi connectivity index (χ2v) is 4.57. The van der Waals surface area contributed by atoms with Crippen LogP contribution >= 0.6 is 0 Å². The van der Waals surface area contributed by atoms with Crippen molar-refractivity contribution in [3.8, 4) is 0 Å². The van der Waals surface area contributed by atoms with Gasteiger partial charge in [-0.1, -0.05) is 48.0 Å². The van der Waals surface area contributed by atoms with Gasteiger partial charge in [-0.3, -0.25) is 0 Å². The fourth-order valence-corrected chi connectivity index (χ4v) is 2.03. The molecule has 0 aliphatic carbocycles. The number of hydrogen-bond donors (Lipinski definition) is 1. The van der Waals surface area contributed by atoms with Crippen LogP contribution in [0.15, 0.2) is 59.7 Å². The molecule has 1 heterocycles. The number of aryl methyl sites for hydroxylation is 1. The highest BCUT2D eigenvalue weighted by Gasteiger charge is 2.18. The molecule has 0 atom stereocenters. The van der Waals surface area contributed by atoms with Crippen LogP contribution < -0.4 is 10.5 Å². The summed E-state index contributed by atoms with van der Waals surface area (Å²) in [6.07, 6.45) is 1.79. The highest BCUT2D eigenvalue weighted by Crippen LogP contribution is 2.18. The molecule has 2 aromatic carbocycles. The highest BCUT2D eigenvalue weighted by atomic mass is 15.9. The zero-order valence-electron chi connectivity index (χ0n) is 10.8. The van der Waals surface area contributed by atoms with E-state index < -0.39 is 0 Å². The number of nitrogens with one attached hydrogen (secondary N) is 1. The van der Waals surface area contributed by atoms with E-state index in [1.165, 1.54) is 11.1 Å². The van der Waals surface area contributed by atoms with Gasteiger partial charge in [-0.25, -0.2) is 10.5 Å². The number of rotatable bonds is 3. The molecule has 0 radical (unpaired) electrons. The van der Waals surface area contributed by atoms with Gasteiger partial charge in [0.2, 0.25) is 0 Å². The molecule has 19 heavy (non-hydrogen) atoms. The third-order valence-electron chi connectivity index (χ3n) is 3.07. The van der Waals surface area contributed by atoms with Crippen LogP contribution in [0.2, 0.25) is 0 Å². The average Bonchev–Trinajstić information content (AvgIpc) is 2.89. The van der Waals surface area contributed by atoms with E-state index in [0.29, 0.717) is 0 Å². The lowest BCUT2D eigenvalue weighted by Crippen LogP contribution is -2.42. The summed E-state index contributed by atoms with van der Waals surface area (Å²) < 4.78 is 0. The van der Waals surface area contributed by atoms with Gasteiger partial charge in [-0.15, -0.1) is 5.12 Å². The normalized spacial score (nSPS) is 14.7. The molecule has 0 fully saturated rings. The van der Waals surface area contributed by atoms with E-state index in [1.807, 2.05) is 28.3 Å².